The number of hydrogen-bond acceptors (Lipinski definition) is 2. The first-order chi connectivity index (χ1) is 5.38. The molecule has 0 unspecified atom stereocenters. The predicted molar refractivity (Wildman–Crippen MR) is 52.3 cm³/mol. The first-order valence-corrected chi connectivity index (χ1v) is 4.30. The van der Waals surface area contributed by atoms with Crippen LogP contribution in [0.5, 0.6) is 0 Å². The van der Waals surface area contributed by atoms with Crippen molar-refractivity contribution in [3.05, 3.63) is 34.4 Å². The molecular formula is C8H5IN2. The van der Waals surface area contributed by atoms with Crippen molar-refractivity contribution in [3.8, 4) is 0 Å². The number of halogens is 1. The molecule has 2 heterocycles. The van der Waals surface area contributed by atoms with Crippen molar-refractivity contribution in [2.75, 3.05) is 0 Å². The molecule has 54 valence electrons. The van der Waals surface area contributed by atoms with Crippen molar-refractivity contribution >= 4 is 33.4 Å². The van der Waals surface area contributed by atoms with Gasteiger partial charge in [0.15, 0.2) is 0 Å². The molecule has 0 bridgehead atoms. The van der Waals surface area contributed by atoms with Gasteiger partial charge in [0.1, 0.15) is 3.70 Å². The molecule has 2 nitrogen and oxygen atoms in total. The van der Waals surface area contributed by atoms with E-state index in [4.69, 9.17) is 0 Å². The smallest absolute Gasteiger partial charge is 0.109 e. The van der Waals surface area contributed by atoms with Crippen LogP contribution in [0, 0.1) is 3.70 Å². The third-order valence-corrected chi connectivity index (χ3v) is 2.38. The van der Waals surface area contributed by atoms with E-state index in [2.05, 4.69) is 32.6 Å². The molecule has 2 aromatic rings. The number of aromatic nitrogens is 2. The van der Waals surface area contributed by atoms with Crippen LogP contribution in [0.4, 0.5) is 0 Å². The predicted octanol–water partition coefficient (Wildman–Crippen LogP) is 2.23. The number of fused-ring (bicyclic) bond motifs is 1. The molecule has 0 aliphatic rings. The second-order valence-electron chi connectivity index (χ2n) is 2.20. The Kier molecular flexibility index (Phi) is 1.73. The Labute approximate surface area is 77.8 Å². The molecule has 2 rings (SSSR count). The third kappa shape index (κ3) is 1.20. The fourth-order valence-corrected chi connectivity index (χ4v) is 1.63. The summed E-state index contributed by atoms with van der Waals surface area (Å²) in [7, 11) is 0. The van der Waals surface area contributed by atoms with Crippen molar-refractivity contribution in [1.29, 1.82) is 0 Å². The van der Waals surface area contributed by atoms with Gasteiger partial charge in [-0.15, -0.1) is 0 Å². The molecular weight excluding hydrogens is 251 g/mol. The molecule has 0 spiro atoms. The van der Waals surface area contributed by atoms with Gasteiger partial charge in [0.05, 0.1) is 0 Å². The quantitative estimate of drug-likeness (QED) is 0.533. The van der Waals surface area contributed by atoms with Crippen molar-refractivity contribution < 1.29 is 0 Å². The molecule has 0 amide bonds. The second-order valence-corrected chi connectivity index (χ2v) is 3.22. The summed E-state index contributed by atoms with van der Waals surface area (Å²) in [4.78, 5) is 8.19. The average Bonchev–Trinajstić information content (AvgIpc) is 2.06. The monoisotopic (exact) mass is 256 g/mol. The van der Waals surface area contributed by atoms with Gasteiger partial charge in [-0.05, 0) is 34.7 Å². The summed E-state index contributed by atoms with van der Waals surface area (Å²) in [6, 6.07) is 3.94. The maximum Gasteiger partial charge on any atom is 0.109 e. The van der Waals surface area contributed by atoms with E-state index in [0.717, 1.165) is 9.09 Å². The SMILES string of the molecule is Ic1nccc2cnccc12. The largest absolute Gasteiger partial charge is 0.264 e. The van der Waals surface area contributed by atoms with Crippen molar-refractivity contribution in [2.45, 2.75) is 0 Å². The lowest BCUT2D eigenvalue weighted by Gasteiger charge is -1.96. The van der Waals surface area contributed by atoms with E-state index >= 15 is 0 Å². The Balaban J connectivity index is 2.91. The average molecular weight is 256 g/mol. The van der Waals surface area contributed by atoms with Crippen LogP contribution in [-0.4, -0.2) is 9.97 Å². The van der Waals surface area contributed by atoms with E-state index in [1.807, 2.05) is 18.3 Å². The Hall–Kier alpha value is -0.710. The van der Waals surface area contributed by atoms with Gasteiger partial charge in [0, 0.05) is 29.4 Å². The van der Waals surface area contributed by atoms with Gasteiger partial charge in [-0.1, -0.05) is 0 Å². The second kappa shape index (κ2) is 2.73. The van der Waals surface area contributed by atoms with Crippen LogP contribution in [0.15, 0.2) is 30.7 Å². The van der Waals surface area contributed by atoms with Gasteiger partial charge >= 0.3 is 0 Å². The molecule has 0 aromatic carbocycles. The zero-order valence-electron chi connectivity index (χ0n) is 5.66. The Morgan fingerprint density at radius 2 is 2.09 bits per heavy atom. The minimum atomic E-state index is 1.03. The minimum Gasteiger partial charge on any atom is -0.264 e. The van der Waals surface area contributed by atoms with Gasteiger partial charge in [0.2, 0.25) is 0 Å². The van der Waals surface area contributed by atoms with Gasteiger partial charge < -0.3 is 0 Å². The zero-order chi connectivity index (χ0) is 7.68. The Morgan fingerprint density at radius 3 is 2.91 bits per heavy atom. The Bertz CT molecular complexity index is 381. The van der Waals surface area contributed by atoms with Crippen molar-refractivity contribution in [2.24, 2.45) is 0 Å². The summed E-state index contributed by atoms with van der Waals surface area (Å²) in [5.41, 5.74) is 0. The number of rotatable bonds is 0. The van der Waals surface area contributed by atoms with E-state index in [9.17, 15) is 0 Å². The molecule has 0 aliphatic carbocycles. The molecule has 0 N–H and O–H groups in total. The van der Waals surface area contributed by atoms with E-state index < -0.39 is 0 Å². The lowest BCUT2D eigenvalue weighted by atomic mass is 10.2. The maximum absolute atomic E-state index is 4.17. The van der Waals surface area contributed by atoms with Crippen molar-refractivity contribution in [3.63, 3.8) is 0 Å². The molecule has 0 atom stereocenters. The van der Waals surface area contributed by atoms with Crippen LogP contribution in [0.1, 0.15) is 0 Å². The highest BCUT2D eigenvalue weighted by atomic mass is 127. The molecule has 3 heteroatoms. The normalized spacial score (nSPS) is 10.3. The molecule has 0 radical (unpaired) electrons. The van der Waals surface area contributed by atoms with Crippen LogP contribution in [0.3, 0.4) is 0 Å². The fraction of sp³-hybridized carbons (Fsp3) is 0. The maximum atomic E-state index is 4.17. The molecule has 0 fully saturated rings. The summed E-state index contributed by atoms with van der Waals surface area (Å²) in [6.45, 7) is 0. The molecule has 2 aromatic heterocycles. The zero-order valence-corrected chi connectivity index (χ0v) is 7.82. The highest BCUT2D eigenvalue weighted by molar-refractivity contribution is 14.1. The van der Waals surface area contributed by atoms with Gasteiger partial charge in [-0.2, -0.15) is 0 Å². The van der Waals surface area contributed by atoms with Gasteiger partial charge in [-0.3, -0.25) is 4.98 Å². The van der Waals surface area contributed by atoms with Crippen LogP contribution >= 0.6 is 22.6 Å². The van der Waals surface area contributed by atoms with Crippen LogP contribution in [0.2, 0.25) is 0 Å². The van der Waals surface area contributed by atoms with Crippen LogP contribution in [0.25, 0.3) is 10.8 Å². The van der Waals surface area contributed by atoms with Crippen LogP contribution < -0.4 is 0 Å². The van der Waals surface area contributed by atoms with Crippen LogP contribution in [-0.2, 0) is 0 Å². The number of hydrogen-bond donors (Lipinski definition) is 0. The van der Waals surface area contributed by atoms with Gasteiger partial charge in [0.25, 0.3) is 0 Å². The lowest BCUT2D eigenvalue weighted by Crippen LogP contribution is -1.82. The summed E-state index contributed by atoms with van der Waals surface area (Å²) >= 11 is 2.22. The molecule has 11 heavy (non-hydrogen) atoms. The van der Waals surface area contributed by atoms with Crippen molar-refractivity contribution in [1.82, 2.24) is 9.97 Å². The first-order valence-electron chi connectivity index (χ1n) is 3.22. The summed E-state index contributed by atoms with van der Waals surface area (Å²) < 4.78 is 1.03. The third-order valence-electron chi connectivity index (χ3n) is 1.52. The molecule has 0 saturated carbocycles. The van der Waals surface area contributed by atoms with E-state index in [1.54, 1.807) is 12.4 Å². The Morgan fingerprint density at radius 1 is 1.18 bits per heavy atom. The summed E-state index contributed by atoms with van der Waals surface area (Å²) in [5.74, 6) is 0. The molecule has 0 aliphatic heterocycles. The lowest BCUT2D eigenvalue weighted by molar-refractivity contribution is 1.29. The molecule has 0 saturated heterocycles. The number of nitrogens with zero attached hydrogens (tertiary/aromatic N) is 2. The highest BCUT2D eigenvalue weighted by Gasteiger charge is 1.95. The summed E-state index contributed by atoms with van der Waals surface area (Å²) in [6.07, 6.45) is 5.43. The standard InChI is InChI=1S/C8H5IN2/c9-8-7-2-3-10-5-6(7)1-4-11-8/h1-5H. The van der Waals surface area contributed by atoms with E-state index in [1.165, 1.54) is 5.39 Å². The fourth-order valence-electron chi connectivity index (χ4n) is 0.980. The summed E-state index contributed by atoms with van der Waals surface area (Å²) in [5, 5.41) is 2.31. The highest BCUT2D eigenvalue weighted by Crippen LogP contribution is 2.15. The van der Waals surface area contributed by atoms with Gasteiger partial charge in [-0.25, -0.2) is 4.98 Å². The first kappa shape index (κ1) is 6.97. The number of pyridine rings is 2. The minimum absolute atomic E-state index is 1.03. The van der Waals surface area contributed by atoms with E-state index in [0.29, 0.717) is 0 Å². The van der Waals surface area contributed by atoms with E-state index in [-0.39, 0.29) is 0 Å². The topological polar surface area (TPSA) is 25.8 Å².